The standard InChI is InChI=1S/C14H11BrFN3O3S/c15-8-1-4-10(5-2-8)17-14(20)13-18-11-7-9(16)3-6-12(11)23(21,22)19-13/h1-7,13,18-19H,(H,17,20)/t13-/m1/s1. The first-order valence-electron chi connectivity index (χ1n) is 6.50. The van der Waals surface area contributed by atoms with Crippen LogP contribution in [0.1, 0.15) is 0 Å². The fourth-order valence-electron chi connectivity index (χ4n) is 2.12. The summed E-state index contributed by atoms with van der Waals surface area (Å²) in [6.45, 7) is 0. The maximum Gasteiger partial charge on any atom is 0.262 e. The van der Waals surface area contributed by atoms with Crippen molar-refractivity contribution in [2.24, 2.45) is 0 Å². The van der Waals surface area contributed by atoms with Gasteiger partial charge in [-0.1, -0.05) is 15.9 Å². The van der Waals surface area contributed by atoms with Crippen molar-refractivity contribution < 1.29 is 17.6 Å². The Bertz CT molecular complexity index is 871. The summed E-state index contributed by atoms with van der Waals surface area (Å²) >= 11 is 3.28. The maximum atomic E-state index is 13.3. The van der Waals surface area contributed by atoms with E-state index in [-0.39, 0.29) is 10.6 Å². The molecule has 0 fully saturated rings. The van der Waals surface area contributed by atoms with Crippen LogP contribution in [0.5, 0.6) is 0 Å². The highest BCUT2D eigenvalue weighted by Crippen LogP contribution is 2.27. The zero-order valence-corrected chi connectivity index (χ0v) is 13.9. The first-order chi connectivity index (χ1) is 10.8. The Labute approximate surface area is 140 Å². The first-order valence-corrected chi connectivity index (χ1v) is 8.78. The number of carbonyl (C=O) groups is 1. The number of benzene rings is 2. The predicted molar refractivity (Wildman–Crippen MR) is 86.9 cm³/mol. The molecule has 9 heteroatoms. The number of hydrogen-bond donors (Lipinski definition) is 3. The fourth-order valence-corrected chi connectivity index (χ4v) is 3.64. The summed E-state index contributed by atoms with van der Waals surface area (Å²) in [4.78, 5) is 12.1. The number of anilines is 2. The van der Waals surface area contributed by atoms with Crippen molar-refractivity contribution in [3.05, 3.63) is 52.8 Å². The Kier molecular flexibility index (Phi) is 4.09. The summed E-state index contributed by atoms with van der Waals surface area (Å²) in [5.74, 6) is -1.20. The second kappa shape index (κ2) is 5.91. The van der Waals surface area contributed by atoms with E-state index in [1.807, 2.05) is 0 Å². The highest BCUT2D eigenvalue weighted by Gasteiger charge is 2.33. The molecular weight excluding hydrogens is 389 g/mol. The van der Waals surface area contributed by atoms with E-state index in [1.165, 1.54) is 0 Å². The van der Waals surface area contributed by atoms with Crippen LogP contribution in [0.4, 0.5) is 15.8 Å². The molecule has 3 N–H and O–H groups in total. The molecule has 1 atom stereocenters. The van der Waals surface area contributed by atoms with Crippen molar-refractivity contribution in [1.82, 2.24) is 4.72 Å². The normalized spacial score (nSPS) is 18.6. The van der Waals surface area contributed by atoms with E-state index < -0.39 is 27.9 Å². The van der Waals surface area contributed by atoms with Gasteiger partial charge in [0.05, 0.1) is 5.69 Å². The molecule has 1 amide bonds. The Morgan fingerprint density at radius 1 is 1.17 bits per heavy atom. The second-order valence-electron chi connectivity index (χ2n) is 4.84. The molecule has 1 aliphatic rings. The number of fused-ring (bicyclic) bond motifs is 1. The fraction of sp³-hybridized carbons (Fsp3) is 0.0714. The lowest BCUT2D eigenvalue weighted by molar-refractivity contribution is -0.117. The lowest BCUT2D eigenvalue weighted by atomic mass is 10.2. The topological polar surface area (TPSA) is 87.3 Å². The van der Waals surface area contributed by atoms with Gasteiger partial charge < -0.3 is 10.6 Å². The van der Waals surface area contributed by atoms with Crippen LogP contribution in [0, 0.1) is 5.82 Å². The number of hydrogen-bond acceptors (Lipinski definition) is 4. The number of carbonyl (C=O) groups excluding carboxylic acids is 1. The quantitative estimate of drug-likeness (QED) is 0.722. The molecule has 0 aliphatic carbocycles. The van der Waals surface area contributed by atoms with Crippen LogP contribution in [0.3, 0.4) is 0 Å². The van der Waals surface area contributed by atoms with E-state index >= 15 is 0 Å². The summed E-state index contributed by atoms with van der Waals surface area (Å²) in [5, 5.41) is 5.25. The summed E-state index contributed by atoms with van der Waals surface area (Å²) in [5.41, 5.74) is 0.545. The summed E-state index contributed by atoms with van der Waals surface area (Å²) in [6.07, 6.45) is -1.24. The third-order valence-corrected chi connectivity index (χ3v) is 5.19. The highest BCUT2D eigenvalue weighted by atomic mass is 79.9. The molecule has 1 aliphatic heterocycles. The van der Waals surface area contributed by atoms with E-state index in [0.29, 0.717) is 5.69 Å². The van der Waals surface area contributed by atoms with Gasteiger partial charge in [0.1, 0.15) is 10.7 Å². The van der Waals surface area contributed by atoms with E-state index in [9.17, 15) is 17.6 Å². The van der Waals surface area contributed by atoms with Gasteiger partial charge in [0.25, 0.3) is 5.91 Å². The smallest absolute Gasteiger partial charge is 0.262 e. The van der Waals surface area contributed by atoms with Crippen molar-refractivity contribution in [3.8, 4) is 0 Å². The monoisotopic (exact) mass is 399 g/mol. The lowest BCUT2D eigenvalue weighted by Gasteiger charge is -2.27. The molecule has 6 nitrogen and oxygen atoms in total. The average molecular weight is 400 g/mol. The Hall–Kier alpha value is -1.97. The molecular formula is C14H11BrFN3O3S. The Balaban J connectivity index is 1.84. The molecule has 0 unspecified atom stereocenters. The number of rotatable bonds is 2. The van der Waals surface area contributed by atoms with Crippen molar-refractivity contribution in [3.63, 3.8) is 0 Å². The van der Waals surface area contributed by atoms with Gasteiger partial charge in [0, 0.05) is 10.2 Å². The molecule has 23 heavy (non-hydrogen) atoms. The van der Waals surface area contributed by atoms with Crippen LogP contribution < -0.4 is 15.4 Å². The highest BCUT2D eigenvalue weighted by molar-refractivity contribution is 9.10. The van der Waals surface area contributed by atoms with E-state index in [4.69, 9.17) is 0 Å². The molecule has 120 valence electrons. The van der Waals surface area contributed by atoms with Crippen LogP contribution in [0.25, 0.3) is 0 Å². The van der Waals surface area contributed by atoms with Crippen LogP contribution in [0.2, 0.25) is 0 Å². The first kappa shape index (κ1) is 15.9. The molecule has 0 spiro atoms. The third-order valence-electron chi connectivity index (χ3n) is 3.18. The summed E-state index contributed by atoms with van der Waals surface area (Å²) in [6, 6.07) is 10.0. The molecule has 2 aromatic rings. The van der Waals surface area contributed by atoms with Gasteiger partial charge in [-0.05, 0) is 42.5 Å². The number of amides is 1. The van der Waals surface area contributed by atoms with Crippen molar-refractivity contribution in [2.45, 2.75) is 11.1 Å². The van der Waals surface area contributed by atoms with E-state index in [2.05, 4.69) is 31.3 Å². The van der Waals surface area contributed by atoms with E-state index in [1.54, 1.807) is 24.3 Å². The zero-order chi connectivity index (χ0) is 16.6. The van der Waals surface area contributed by atoms with Crippen molar-refractivity contribution >= 4 is 43.2 Å². The molecule has 0 saturated carbocycles. The van der Waals surface area contributed by atoms with Gasteiger partial charge in [-0.2, -0.15) is 4.72 Å². The average Bonchev–Trinajstić information content (AvgIpc) is 2.48. The van der Waals surface area contributed by atoms with Crippen LogP contribution in [0.15, 0.2) is 51.8 Å². The number of sulfonamides is 1. The van der Waals surface area contributed by atoms with Gasteiger partial charge in [0.2, 0.25) is 10.0 Å². The van der Waals surface area contributed by atoms with Crippen LogP contribution in [-0.4, -0.2) is 20.5 Å². The Morgan fingerprint density at radius 3 is 2.57 bits per heavy atom. The van der Waals surface area contributed by atoms with E-state index in [0.717, 1.165) is 22.7 Å². The van der Waals surface area contributed by atoms with Gasteiger partial charge in [0.15, 0.2) is 6.17 Å². The SMILES string of the molecule is O=C(Nc1ccc(Br)cc1)[C@@H]1Nc2cc(F)ccc2S(=O)(=O)N1. The third kappa shape index (κ3) is 3.36. The molecule has 0 saturated heterocycles. The van der Waals surface area contributed by atoms with Gasteiger partial charge in [-0.15, -0.1) is 0 Å². The lowest BCUT2D eigenvalue weighted by Crippen LogP contribution is -2.51. The van der Waals surface area contributed by atoms with Gasteiger partial charge in [-0.3, -0.25) is 4.79 Å². The van der Waals surface area contributed by atoms with Crippen LogP contribution >= 0.6 is 15.9 Å². The van der Waals surface area contributed by atoms with Crippen molar-refractivity contribution in [2.75, 3.05) is 10.6 Å². The second-order valence-corrected chi connectivity index (χ2v) is 7.43. The zero-order valence-electron chi connectivity index (χ0n) is 11.5. The summed E-state index contributed by atoms with van der Waals surface area (Å²) < 4.78 is 40.6. The maximum absolute atomic E-state index is 13.3. The molecule has 0 bridgehead atoms. The van der Waals surface area contributed by atoms with Gasteiger partial charge >= 0.3 is 0 Å². The minimum Gasteiger partial charge on any atom is -0.360 e. The minimum atomic E-state index is -3.90. The molecule has 3 rings (SSSR count). The molecule has 0 radical (unpaired) electrons. The number of halogens is 2. The van der Waals surface area contributed by atoms with Crippen LogP contribution in [-0.2, 0) is 14.8 Å². The van der Waals surface area contributed by atoms with Gasteiger partial charge in [-0.25, -0.2) is 12.8 Å². The van der Waals surface area contributed by atoms with Crippen molar-refractivity contribution in [1.29, 1.82) is 0 Å². The summed E-state index contributed by atoms with van der Waals surface area (Å²) in [7, 11) is -3.90. The largest absolute Gasteiger partial charge is 0.360 e. The molecule has 0 aromatic heterocycles. The Morgan fingerprint density at radius 2 is 1.87 bits per heavy atom. The minimum absolute atomic E-state index is 0.0414. The predicted octanol–water partition coefficient (Wildman–Crippen LogP) is 2.26. The molecule has 2 aromatic carbocycles. The molecule has 1 heterocycles. The number of nitrogens with one attached hydrogen (secondary N) is 3.